The zero-order chi connectivity index (χ0) is 31.5. The molecule has 5 heterocycles. The molecule has 0 aliphatic carbocycles. The minimum absolute atomic E-state index is 0. The van der Waals surface area contributed by atoms with Crippen molar-refractivity contribution >= 4 is 28.1 Å². The number of anilines is 3. The van der Waals surface area contributed by atoms with Gasteiger partial charge < -0.3 is 19.9 Å². The molecule has 2 aliphatic rings. The van der Waals surface area contributed by atoms with Gasteiger partial charge in [-0.3, -0.25) is 4.98 Å². The largest absolute Gasteiger partial charge is 0.434 e. The smallest absolute Gasteiger partial charge is 0.0620 e. The summed E-state index contributed by atoms with van der Waals surface area (Å²) in [7, 11) is 0. The second-order valence-electron chi connectivity index (χ2n) is 12.9. The van der Waals surface area contributed by atoms with E-state index in [1.54, 1.807) is 6.20 Å². The van der Waals surface area contributed by atoms with Gasteiger partial charge in [-0.2, -0.15) is 0 Å². The van der Waals surface area contributed by atoms with Gasteiger partial charge >= 0.3 is 0 Å². The Morgan fingerprint density at radius 3 is 1.83 bits per heavy atom. The number of nitrogens with zero attached hydrogens (tertiary/aromatic N) is 5. The maximum absolute atomic E-state index is 4.65. The van der Waals surface area contributed by atoms with Gasteiger partial charge in [-0.25, -0.2) is 0 Å². The van der Waals surface area contributed by atoms with Crippen LogP contribution < -0.4 is 9.88 Å². The third-order valence-electron chi connectivity index (χ3n) is 9.37. The predicted octanol–water partition coefficient (Wildman–Crippen LogP) is 9.55. The van der Waals surface area contributed by atoms with Crippen molar-refractivity contribution in [2.75, 3.05) is 4.90 Å². The monoisotopic (exact) mass is 788 g/mol. The number of aromatic nitrogens is 4. The Morgan fingerprint density at radius 2 is 1.19 bits per heavy atom. The second-order valence-corrected chi connectivity index (χ2v) is 12.9. The molecule has 5 nitrogen and oxygen atoms in total. The van der Waals surface area contributed by atoms with Crippen molar-refractivity contribution in [2.24, 2.45) is 0 Å². The fourth-order valence-corrected chi connectivity index (χ4v) is 6.96. The number of para-hydroxylation sites is 4. The van der Waals surface area contributed by atoms with Crippen molar-refractivity contribution in [1.82, 2.24) is 19.9 Å². The molecule has 6 heteroatoms. The third kappa shape index (κ3) is 5.00. The van der Waals surface area contributed by atoms with Crippen LogP contribution in [0.3, 0.4) is 0 Å². The van der Waals surface area contributed by atoms with E-state index < -0.39 is 0 Å². The van der Waals surface area contributed by atoms with E-state index >= 15 is 0 Å². The molecule has 1 radical (unpaired) electrons. The third-order valence-corrected chi connectivity index (χ3v) is 9.37. The van der Waals surface area contributed by atoms with Crippen LogP contribution in [-0.2, 0) is 30.9 Å². The summed E-state index contributed by atoms with van der Waals surface area (Å²) in [4.78, 5) is 20.2. The average Bonchev–Trinajstić information content (AvgIpc) is 3.54. The van der Waals surface area contributed by atoms with Crippen LogP contribution in [0.2, 0.25) is 0 Å². The molecule has 47 heavy (non-hydrogen) atoms. The van der Waals surface area contributed by atoms with Gasteiger partial charge in [-0.15, -0.1) is 17.7 Å². The van der Waals surface area contributed by atoms with Crippen LogP contribution in [0.1, 0.15) is 49.9 Å². The van der Waals surface area contributed by atoms with Crippen LogP contribution in [0.25, 0.3) is 33.8 Å². The zero-order valence-corrected chi connectivity index (χ0v) is 29.1. The minimum Gasteiger partial charge on any atom is -0.434 e. The van der Waals surface area contributed by atoms with Gasteiger partial charge in [-0.05, 0) is 69.7 Å². The molecule has 4 aromatic carbocycles. The van der Waals surface area contributed by atoms with Crippen molar-refractivity contribution < 1.29 is 20.1 Å². The summed E-state index contributed by atoms with van der Waals surface area (Å²) in [6, 6.07) is 43.4. The summed E-state index contributed by atoms with van der Waals surface area (Å²) in [5.74, 6) is 0.691. The Kier molecular flexibility index (Phi) is 7.66. The van der Waals surface area contributed by atoms with Gasteiger partial charge in [0, 0.05) is 54.7 Å². The molecule has 0 amide bonds. The molecule has 0 fully saturated rings. The van der Waals surface area contributed by atoms with Gasteiger partial charge in [0.2, 0.25) is 0 Å². The van der Waals surface area contributed by atoms with E-state index in [0.29, 0.717) is 5.82 Å². The molecule has 233 valence electrons. The van der Waals surface area contributed by atoms with E-state index in [-0.39, 0.29) is 30.9 Å². The van der Waals surface area contributed by atoms with Crippen LogP contribution in [0.4, 0.5) is 17.1 Å². The van der Waals surface area contributed by atoms with Crippen molar-refractivity contribution in [3.63, 3.8) is 0 Å². The normalized spacial score (nSPS) is 14.5. The van der Waals surface area contributed by atoms with Gasteiger partial charge in [-0.1, -0.05) is 118 Å². The first kappa shape index (κ1) is 30.7. The number of rotatable bonds is 2. The Hall–Kier alpha value is -4.90. The molecule has 0 saturated carbocycles. The molecule has 9 rings (SSSR count). The number of pyridine rings is 2. The number of hydrogen-bond acceptors (Lipinski definition) is 4. The summed E-state index contributed by atoms with van der Waals surface area (Å²) in [5.41, 5.74) is 13.5. The summed E-state index contributed by atoms with van der Waals surface area (Å²) in [5, 5.41) is 0. The van der Waals surface area contributed by atoms with Gasteiger partial charge in [0.1, 0.15) is 0 Å². The maximum Gasteiger partial charge on any atom is 0.0620 e. The Labute approximate surface area is 289 Å². The minimum atomic E-state index is -0.162. The van der Waals surface area contributed by atoms with Crippen LogP contribution in [0.5, 0.6) is 0 Å². The number of hydrogen-bond donors (Lipinski definition) is 0. The fourth-order valence-electron chi connectivity index (χ4n) is 6.96. The molecule has 0 atom stereocenters. The fraction of sp³-hybridized carbons (Fsp3) is 0.146. The van der Waals surface area contributed by atoms with E-state index in [9.17, 15) is 0 Å². The van der Waals surface area contributed by atoms with Crippen molar-refractivity contribution in [1.29, 1.82) is 0 Å². The first-order valence-electron chi connectivity index (χ1n) is 15.7. The van der Waals surface area contributed by atoms with Gasteiger partial charge in [0.05, 0.1) is 5.69 Å². The van der Waals surface area contributed by atoms with E-state index in [1.165, 1.54) is 39.3 Å². The summed E-state index contributed by atoms with van der Waals surface area (Å²) < 4.78 is 0. The quantitative estimate of drug-likeness (QED) is 0.164. The van der Waals surface area contributed by atoms with Crippen LogP contribution in [-0.4, -0.2) is 15.0 Å². The zero-order valence-electron chi connectivity index (χ0n) is 26.7. The molecule has 7 aromatic rings. The molecule has 0 saturated heterocycles. The Balaban J connectivity index is 0.000000184. The topological polar surface area (TPSA) is 56.0 Å². The molecule has 0 N–H and O–H groups in total. The Morgan fingerprint density at radius 1 is 0.617 bits per heavy atom. The van der Waals surface area contributed by atoms with E-state index in [2.05, 4.69) is 119 Å². The molecule has 0 spiro atoms. The Bertz CT molecular complexity index is 2110. The summed E-state index contributed by atoms with van der Waals surface area (Å²) >= 11 is 0. The van der Waals surface area contributed by atoms with Crippen LogP contribution in [0, 0.1) is 6.07 Å². The molecule has 2 aliphatic heterocycles. The van der Waals surface area contributed by atoms with E-state index in [1.807, 2.05) is 60.8 Å². The SMILES string of the molecule is CC1(C)c2[c-]c(-c3ccccn3)cc3c2N(c2ccccc21)c1ccccc1C3(C)C.[Ir].c1ccc(-c2nc3ccccc3[n-]2)nc1. The number of imidazole rings is 1. The van der Waals surface area contributed by atoms with Gasteiger partial charge in [0.15, 0.2) is 0 Å². The average molecular weight is 788 g/mol. The first-order chi connectivity index (χ1) is 22.3. The molecular formula is C41H33IrN5-2. The van der Waals surface area contributed by atoms with E-state index in [0.717, 1.165) is 28.0 Å². The predicted molar refractivity (Wildman–Crippen MR) is 186 cm³/mol. The molecule has 3 aromatic heterocycles. The summed E-state index contributed by atoms with van der Waals surface area (Å²) in [6.07, 6.45) is 3.61. The number of benzene rings is 4. The number of fused-ring (bicyclic) bond motifs is 5. The first-order valence-corrected chi connectivity index (χ1v) is 15.7. The van der Waals surface area contributed by atoms with Crippen molar-refractivity contribution in [3.8, 4) is 22.8 Å². The van der Waals surface area contributed by atoms with Crippen molar-refractivity contribution in [2.45, 2.75) is 38.5 Å². The second kappa shape index (κ2) is 11.7. The molecule has 0 bridgehead atoms. The van der Waals surface area contributed by atoms with Crippen LogP contribution >= 0.6 is 0 Å². The van der Waals surface area contributed by atoms with E-state index in [4.69, 9.17) is 0 Å². The van der Waals surface area contributed by atoms with Gasteiger partial charge in [0.25, 0.3) is 0 Å². The molecular weight excluding hydrogens is 755 g/mol. The van der Waals surface area contributed by atoms with Crippen LogP contribution in [0.15, 0.2) is 128 Å². The van der Waals surface area contributed by atoms with Crippen molar-refractivity contribution in [3.05, 3.63) is 156 Å². The summed E-state index contributed by atoms with van der Waals surface area (Å²) in [6.45, 7) is 9.33. The standard InChI is InChI=1S/C29H25N2.C12H8N3.Ir/c1-28(2)20-11-5-7-14-25(20)31-26-15-8-6-12-21(26)29(3,4)23-18-19(17-22(28)27(23)31)24-13-9-10-16-30-24;1-2-6-10-9(5-1)14-12(15-10)11-7-3-4-8-13-11;/h5-17H,1-4H3;1-8H;/q2*-1;. The maximum atomic E-state index is 4.65. The molecule has 0 unspecified atom stereocenters.